The number of amides is 1. The van der Waals surface area contributed by atoms with Crippen molar-refractivity contribution in [1.82, 2.24) is 0 Å². The lowest BCUT2D eigenvalue weighted by Crippen LogP contribution is -2.14. The number of carbonyl (C=O) groups excluding carboxylic acids is 1. The molecule has 0 spiro atoms. The minimum Gasteiger partial charge on any atom is -0.490 e. The van der Waals surface area contributed by atoms with Crippen LogP contribution in [0.15, 0.2) is 54.1 Å². The molecule has 0 saturated carbocycles. The van der Waals surface area contributed by atoms with Crippen LogP contribution in [0.2, 0.25) is 5.02 Å². The molecule has 0 fully saturated rings. The second-order valence-electron chi connectivity index (χ2n) is 8.05. The molecule has 0 aliphatic rings. The van der Waals surface area contributed by atoms with Gasteiger partial charge in [0.2, 0.25) is 0 Å². The quantitative estimate of drug-likeness (QED) is 0.166. The highest BCUT2D eigenvalue weighted by Gasteiger charge is 2.15. The Morgan fingerprint density at radius 2 is 1.80 bits per heavy atom. The van der Waals surface area contributed by atoms with E-state index in [1.807, 2.05) is 32.0 Å². The van der Waals surface area contributed by atoms with Crippen molar-refractivity contribution in [3.63, 3.8) is 0 Å². The summed E-state index contributed by atoms with van der Waals surface area (Å²) in [5.41, 5.74) is 5.54. The van der Waals surface area contributed by atoms with Crippen LogP contribution >= 0.6 is 34.2 Å². The van der Waals surface area contributed by atoms with Gasteiger partial charge in [-0.05, 0) is 108 Å². The molecule has 1 N–H and O–H groups in total. The Morgan fingerprint density at radius 1 is 1.06 bits per heavy atom. The number of nitriles is 1. The molecule has 0 atom stereocenters. The van der Waals surface area contributed by atoms with Crippen molar-refractivity contribution in [2.24, 2.45) is 0 Å². The highest BCUT2D eigenvalue weighted by atomic mass is 127. The Labute approximate surface area is 224 Å². The van der Waals surface area contributed by atoms with Gasteiger partial charge in [-0.15, -0.1) is 0 Å². The van der Waals surface area contributed by atoms with E-state index in [2.05, 4.69) is 53.9 Å². The summed E-state index contributed by atoms with van der Waals surface area (Å²) in [6.45, 7) is 8.75. The van der Waals surface area contributed by atoms with Crippen molar-refractivity contribution in [2.45, 2.75) is 34.3 Å². The fourth-order valence-electron chi connectivity index (χ4n) is 3.36. The molecule has 0 aromatic heterocycles. The number of halogens is 2. The number of aryl methyl sites for hydroxylation is 3. The first-order valence-corrected chi connectivity index (χ1v) is 12.5. The molecular formula is C28H26ClIN2O3. The number of nitrogens with zero attached hydrogens (tertiary/aromatic N) is 1. The van der Waals surface area contributed by atoms with E-state index in [0.29, 0.717) is 41.0 Å². The van der Waals surface area contributed by atoms with Crippen LogP contribution in [0, 0.1) is 35.7 Å². The standard InChI is InChI=1S/C28H26ClIN2O3/c1-5-34-26-13-21(11-22(15-31)28(33)32-25-14-23(29)9-7-18(25)3)12-24(30)27(26)35-16-20-8-6-17(2)19(4)10-20/h6-14H,5,16H2,1-4H3,(H,32,33)/b22-11+. The molecule has 7 heteroatoms. The maximum atomic E-state index is 12.8. The first-order chi connectivity index (χ1) is 16.7. The van der Waals surface area contributed by atoms with Crippen LogP contribution in [0.4, 0.5) is 5.69 Å². The molecule has 5 nitrogen and oxygen atoms in total. The van der Waals surface area contributed by atoms with E-state index in [0.717, 1.165) is 14.7 Å². The van der Waals surface area contributed by atoms with Gasteiger partial charge in [0.05, 0.1) is 10.2 Å². The highest BCUT2D eigenvalue weighted by Crippen LogP contribution is 2.35. The summed E-state index contributed by atoms with van der Waals surface area (Å²) in [4.78, 5) is 12.8. The number of carbonyl (C=O) groups is 1. The second-order valence-corrected chi connectivity index (χ2v) is 9.65. The molecule has 0 saturated heterocycles. The first kappa shape index (κ1) is 26.6. The molecule has 0 unspecified atom stereocenters. The van der Waals surface area contributed by atoms with Gasteiger partial charge < -0.3 is 14.8 Å². The van der Waals surface area contributed by atoms with Crippen LogP contribution in [0.25, 0.3) is 6.08 Å². The average molecular weight is 601 g/mol. The van der Waals surface area contributed by atoms with Crippen LogP contribution in [0.1, 0.15) is 34.7 Å². The van der Waals surface area contributed by atoms with Crippen LogP contribution in [-0.2, 0) is 11.4 Å². The SMILES string of the molecule is CCOc1cc(/C=C(\C#N)C(=O)Nc2cc(Cl)ccc2C)cc(I)c1OCc1ccc(C)c(C)c1. The fraction of sp³-hybridized carbons (Fsp3) is 0.214. The van der Waals surface area contributed by atoms with Gasteiger partial charge in [0.15, 0.2) is 11.5 Å². The first-order valence-electron chi connectivity index (χ1n) is 11.1. The molecule has 0 radical (unpaired) electrons. The van der Waals surface area contributed by atoms with Gasteiger partial charge >= 0.3 is 0 Å². The molecule has 3 aromatic carbocycles. The largest absolute Gasteiger partial charge is 0.490 e. The monoisotopic (exact) mass is 600 g/mol. The molecule has 3 rings (SSSR count). The Balaban J connectivity index is 1.86. The lowest BCUT2D eigenvalue weighted by molar-refractivity contribution is -0.112. The Hall–Kier alpha value is -3.02. The molecule has 0 bridgehead atoms. The zero-order valence-corrected chi connectivity index (χ0v) is 23.0. The van der Waals surface area contributed by atoms with Crippen molar-refractivity contribution >= 4 is 51.9 Å². The van der Waals surface area contributed by atoms with E-state index in [9.17, 15) is 10.1 Å². The molecular weight excluding hydrogens is 575 g/mol. The van der Waals surface area contributed by atoms with Crippen LogP contribution in [0.3, 0.4) is 0 Å². The smallest absolute Gasteiger partial charge is 0.266 e. The minimum atomic E-state index is -0.513. The van der Waals surface area contributed by atoms with Gasteiger partial charge in [0.25, 0.3) is 5.91 Å². The molecule has 0 aliphatic carbocycles. The predicted molar refractivity (Wildman–Crippen MR) is 149 cm³/mol. The molecule has 3 aromatic rings. The van der Waals surface area contributed by atoms with E-state index in [1.54, 1.807) is 24.3 Å². The Bertz CT molecular complexity index is 1330. The van der Waals surface area contributed by atoms with Crippen molar-refractivity contribution in [2.75, 3.05) is 11.9 Å². The number of rotatable bonds is 8. The summed E-state index contributed by atoms with van der Waals surface area (Å²) in [7, 11) is 0. The number of anilines is 1. The van der Waals surface area contributed by atoms with Crippen LogP contribution in [0.5, 0.6) is 11.5 Å². The number of hydrogen-bond acceptors (Lipinski definition) is 4. The summed E-state index contributed by atoms with van der Waals surface area (Å²) >= 11 is 8.22. The van der Waals surface area contributed by atoms with Crippen molar-refractivity contribution < 1.29 is 14.3 Å². The lowest BCUT2D eigenvalue weighted by Gasteiger charge is -2.15. The summed E-state index contributed by atoms with van der Waals surface area (Å²) in [5.74, 6) is 0.666. The van der Waals surface area contributed by atoms with Gasteiger partial charge in [0, 0.05) is 10.7 Å². The van der Waals surface area contributed by atoms with Gasteiger partial charge in [-0.3, -0.25) is 4.79 Å². The van der Waals surface area contributed by atoms with Crippen molar-refractivity contribution in [3.8, 4) is 17.6 Å². The lowest BCUT2D eigenvalue weighted by atomic mass is 10.1. The zero-order valence-electron chi connectivity index (χ0n) is 20.0. The van der Waals surface area contributed by atoms with E-state index < -0.39 is 5.91 Å². The third kappa shape index (κ3) is 7.00. The van der Waals surface area contributed by atoms with Gasteiger partial charge in [0.1, 0.15) is 18.2 Å². The maximum absolute atomic E-state index is 12.8. The Morgan fingerprint density at radius 3 is 2.49 bits per heavy atom. The highest BCUT2D eigenvalue weighted by molar-refractivity contribution is 14.1. The number of hydrogen-bond donors (Lipinski definition) is 1. The second kappa shape index (κ2) is 12.1. The van der Waals surface area contributed by atoms with Crippen molar-refractivity contribution in [1.29, 1.82) is 5.26 Å². The van der Waals surface area contributed by atoms with Gasteiger partial charge in [-0.2, -0.15) is 5.26 Å². The fourth-order valence-corrected chi connectivity index (χ4v) is 4.31. The van der Waals surface area contributed by atoms with Gasteiger partial charge in [-0.25, -0.2) is 0 Å². The number of nitrogens with one attached hydrogen (secondary N) is 1. The third-order valence-corrected chi connectivity index (χ3v) is 6.45. The molecule has 1 amide bonds. The third-order valence-electron chi connectivity index (χ3n) is 5.41. The molecule has 0 aliphatic heterocycles. The van der Waals surface area contributed by atoms with Crippen LogP contribution in [-0.4, -0.2) is 12.5 Å². The average Bonchev–Trinajstić information content (AvgIpc) is 2.81. The van der Waals surface area contributed by atoms with E-state index in [-0.39, 0.29) is 5.57 Å². The Kier molecular flexibility index (Phi) is 9.19. The zero-order chi connectivity index (χ0) is 25.5. The summed E-state index contributed by atoms with van der Waals surface area (Å²) in [6, 6.07) is 17.1. The number of benzene rings is 3. The molecule has 0 heterocycles. The van der Waals surface area contributed by atoms with E-state index >= 15 is 0 Å². The van der Waals surface area contributed by atoms with E-state index in [1.165, 1.54) is 17.2 Å². The topological polar surface area (TPSA) is 71.3 Å². The summed E-state index contributed by atoms with van der Waals surface area (Å²) in [5, 5.41) is 12.9. The minimum absolute atomic E-state index is 0.0357. The summed E-state index contributed by atoms with van der Waals surface area (Å²) in [6.07, 6.45) is 1.53. The summed E-state index contributed by atoms with van der Waals surface area (Å²) < 4.78 is 12.8. The van der Waals surface area contributed by atoms with E-state index in [4.69, 9.17) is 21.1 Å². The van der Waals surface area contributed by atoms with Crippen LogP contribution < -0.4 is 14.8 Å². The maximum Gasteiger partial charge on any atom is 0.266 e. The molecule has 180 valence electrons. The molecule has 35 heavy (non-hydrogen) atoms. The van der Waals surface area contributed by atoms with Gasteiger partial charge in [-0.1, -0.05) is 35.9 Å². The predicted octanol–water partition coefficient (Wildman–Crippen LogP) is 7.39. The normalized spacial score (nSPS) is 11.1. The van der Waals surface area contributed by atoms with Crippen molar-refractivity contribution in [3.05, 3.63) is 90.5 Å². The number of ether oxygens (including phenoxy) is 2.